The lowest BCUT2D eigenvalue weighted by Gasteiger charge is -2.05. The fourth-order valence-corrected chi connectivity index (χ4v) is 2.34. The molecule has 3 rings (SSSR count). The minimum absolute atomic E-state index is 0.144. The molecule has 0 spiro atoms. The first-order valence-corrected chi connectivity index (χ1v) is 6.88. The second-order valence-electron chi connectivity index (χ2n) is 5.08. The Balaban J connectivity index is 1.64. The van der Waals surface area contributed by atoms with Gasteiger partial charge in [-0.1, -0.05) is 12.1 Å². The van der Waals surface area contributed by atoms with E-state index in [2.05, 4.69) is 10.3 Å². The van der Waals surface area contributed by atoms with E-state index in [1.54, 1.807) is 24.4 Å². The molecule has 0 bridgehead atoms. The van der Waals surface area contributed by atoms with Crippen molar-refractivity contribution in [1.82, 2.24) is 10.3 Å². The highest BCUT2D eigenvalue weighted by Crippen LogP contribution is 2.19. The average molecular weight is 300 g/mol. The first-order chi connectivity index (χ1) is 10.6. The zero-order valence-electron chi connectivity index (χ0n) is 11.7. The molecule has 1 heterocycles. The van der Waals surface area contributed by atoms with Gasteiger partial charge in [0.25, 0.3) is 0 Å². The van der Waals surface area contributed by atoms with Crippen molar-refractivity contribution >= 4 is 16.8 Å². The second-order valence-corrected chi connectivity index (χ2v) is 5.08. The van der Waals surface area contributed by atoms with Crippen molar-refractivity contribution in [2.75, 3.05) is 0 Å². The third-order valence-electron chi connectivity index (χ3n) is 3.48. The smallest absolute Gasteiger partial charge is 0.224 e. The Hall–Kier alpha value is -2.69. The number of carbonyl (C=O) groups is 1. The van der Waals surface area contributed by atoms with Crippen LogP contribution in [0.25, 0.3) is 10.9 Å². The molecule has 0 radical (unpaired) electrons. The molecule has 1 aromatic heterocycles. The first kappa shape index (κ1) is 14.3. The summed E-state index contributed by atoms with van der Waals surface area (Å²) in [6.45, 7) is 0.343. The molecule has 0 fully saturated rings. The molecular formula is C17H14F2N2O. The number of aromatic amines is 1. The van der Waals surface area contributed by atoms with Gasteiger partial charge in [-0.15, -0.1) is 0 Å². The Morgan fingerprint density at radius 1 is 1.05 bits per heavy atom. The lowest BCUT2D eigenvalue weighted by Crippen LogP contribution is -2.24. The van der Waals surface area contributed by atoms with Gasteiger partial charge >= 0.3 is 0 Å². The van der Waals surface area contributed by atoms with Crippen molar-refractivity contribution < 1.29 is 13.6 Å². The molecular weight excluding hydrogens is 286 g/mol. The van der Waals surface area contributed by atoms with Gasteiger partial charge in [0.05, 0.1) is 6.42 Å². The Kier molecular flexibility index (Phi) is 3.87. The molecule has 22 heavy (non-hydrogen) atoms. The minimum atomic E-state index is -0.318. The summed E-state index contributed by atoms with van der Waals surface area (Å²) < 4.78 is 25.9. The molecule has 2 aromatic carbocycles. The molecule has 2 N–H and O–H groups in total. The largest absolute Gasteiger partial charge is 0.361 e. The van der Waals surface area contributed by atoms with E-state index in [1.165, 1.54) is 24.3 Å². The van der Waals surface area contributed by atoms with Gasteiger partial charge in [-0.3, -0.25) is 4.79 Å². The minimum Gasteiger partial charge on any atom is -0.361 e. The molecule has 0 saturated carbocycles. The van der Waals surface area contributed by atoms with Gasteiger partial charge in [-0.25, -0.2) is 8.78 Å². The van der Waals surface area contributed by atoms with Crippen molar-refractivity contribution in [3.05, 3.63) is 71.4 Å². The van der Waals surface area contributed by atoms with Crippen molar-refractivity contribution in [2.45, 2.75) is 13.0 Å². The maximum Gasteiger partial charge on any atom is 0.224 e. The quantitative estimate of drug-likeness (QED) is 0.763. The van der Waals surface area contributed by atoms with Gasteiger partial charge in [0.2, 0.25) is 5.91 Å². The number of halogens is 2. The highest BCUT2D eigenvalue weighted by Gasteiger charge is 2.09. The number of aromatic nitrogens is 1. The van der Waals surface area contributed by atoms with Crippen LogP contribution in [0.15, 0.2) is 48.7 Å². The normalized spacial score (nSPS) is 10.8. The molecule has 112 valence electrons. The number of benzene rings is 2. The topological polar surface area (TPSA) is 44.9 Å². The van der Waals surface area contributed by atoms with Crippen LogP contribution in [0.2, 0.25) is 0 Å². The van der Waals surface area contributed by atoms with Gasteiger partial charge in [-0.05, 0) is 41.5 Å². The Labute approximate surface area is 126 Å². The maximum absolute atomic E-state index is 13.1. The highest BCUT2D eigenvalue weighted by molar-refractivity contribution is 5.88. The summed E-state index contributed by atoms with van der Waals surface area (Å²) >= 11 is 0. The molecule has 0 aliphatic heterocycles. The van der Waals surface area contributed by atoms with E-state index >= 15 is 0 Å². The SMILES string of the molecule is O=C(Cc1c[nH]c2cc(F)ccc12)NCc1ccc(F)cc1. The highest BCUT2D eigenvalue weighted by atomic mass is 19.1. The third kappa shape index (κ3) is 3.14. The molecule has 3 nitrogen and oxygen atoms in total. The van der Waals surface area contributed by atoms with E-state index in [4.69, 9.17) is 0 Å². The van der Waals surface area contributed by atoms with Crippen molar-refractivity contribution in [2.24, 2.45) is 0 Å². The van der Waals surface area contributed by atoms with Crippen LogP contribution in [0.3, 0.4) is 0 Å². The molecule has 0 saturated heterocycles. The second kappa shape index (κ2) is 5.97. The summed E-state index contributed by atoms with van der Waals surface area (Å²) in [7, 11) is 0. The number of nitrogens with one attached hydrogen (secondary N) is 2. The predicted octanol–water partition coefficient (Wildman–Crippen LogP) is 3.31. The van der Waals surface area contributed by atoms with Gasteiger partial charge in [0.1, 0.15) is 11.6 Å². The summed E-state index contributed by atoms with van der Waals surface area (Å²) in [5.74, 6) is -0.766. The number of hydrogen-bond donors (Lipinski definition) is 2. The van der Waals surface area contributed by atoms with Crippen LogP contribution < -0.4 is 5.32 Å². The van der Waals surface area contributed by atoms with Crippen molar-refractivity contribution in [3.63, 3.8) is 0 Å². The summed E-state index contributed by atoms with van der Waals surface area (Å²) in [6.07, 6.45) is 1.91. The Morgan fingerprint density at radius 3 is 2.55 bits per heavy atom. The fraction of sp³-hybridized carbons (Fsp3) is 0.118. The van der Waals surface area contributed by atoms with Crippen molar-refractivity contribution in [3.8, 4) is 0 Å². The Bertz CT molecular complexity index is 809. The van der Waals surface area contributed by atoms with Crippen LogP contribution in [0.1, 0.15) is 11.1 Å². The third-order valence-corrected chi connectivity index (χ3v) is 3.48. The number of fused-ring (bicyclic) bond motifs is 1. The summed E-state index contributed by atoms with van der Waals surface area (Å²) in [6, 6.07) is 10.4. The molecule has 0 aliphatic rings. The molecule has 0 atom stereocenters. The zero-order valence-corrected chi connectivity index (χ0v) is 11.7. The Morgan fingerprint density at radius 2 is 1.77 bits per heavy atom. The van der Waals surface area contributed by atoms with Crippen LogP contribution in [0.5, 0.6) is 0 Å². The molecule has 3 aromatic rings. The lowest BCUT2D eigenvalue weighted by molar-refractivity contribution is -0.120. The predicted molar refractivity (Wildman–Crippen MR) is 80.2 cm³/mol. The van der Waals surface area contributed by atoms with Gasteiger partial charge in [-0.2, -0.15) is 0 Å². The van der Waals surface area contributed by atoms with Crippen LogP contribution in [0, 0.1) is 11.6 Å². The lowest BCUT2D eigenvalue weighted by atomic mass is 10.1. The standard InChI is InChI=1S/C17H14F2N2O/c18-13-3-1-11(2-4-13)9-21-17(22)7-12-10-20-16-8-14(19)5-6-15(12)16/h1-6,8,10,20H,7,9H2,(H,21,22). The average Bonchev–Trinajstić information content (AvgIpc) is 2.89. The van der Waals surface area contributed by atoms with Crippen LogP contribution >= 0.6 is 0 Å². The number of H-pyrrole nitrogens is 1. The van der Waals surface area contributed by atoms with Crippen LogP contribution in [-0.2, 0) is 17.8 Å². The van der Waals surface area contributed by atoms with Crippen molar-refractivity contribution in [1.29, 1.82) is 0 Å². The van der Waals surface area contributed by atoms with Gasteiger partial charge in [0.15, 0.2) is 0 Å². The van der Waals surface area contributed by atoms with Gasteiger partial charge in [0, 0.05) is 23.6 Å². The summed E-state index contributed by atoms with van der Waals surface area (Å²) in [5, 5.41) is 3.62. The zero-order chi connectivity index (χ0) is 15.5. The molecule has 0 aliphatic carbocycles. The monoisotopic (exact) mass is 300 g/mol. The van der Waals surface area contributed by atoms with E-state index in [-0.39, 0.29) is 24.0 Å². The summed E-state index contributed by atoms with van der Waals surface area (Å²) in [4.78, 5) is 14.9. The molecule has 1 amide bonds. The first-order valence-electron chi connectivity index (χ1n) is 6.88. The van der Waals surface area contributed by atoms with E-state index in [0.29, 0.717) is 12.1 Å². The number of amides is 1. The van der Waals surface area contributed by atoms with E-state index in [1.807, 2.05) is 0 Å². The number of hydrogen-bond acceptors (Lipinski definition) is 1. The molecule has 0 unspecified atom stereocenters. The number of carbonyl (C=O) groups excluding carboxylic acids is 1. The summed E-state index contributed by atoms with van der Waals surface area (Å²) in [5.41, 5.74) is 2.31. The maximum atomic E-state index is 13.1. The van der Waals surface area contributed by atoms with Crippen LogP contribution in [-0.4, -0.2) is 10.9 Å². The molecule has 5 heteroatoms. The fourth-order valence-electron chi connectivity index (χ4n) is 2.34. The van der Waals surface area contributed by atoms with Gasteiger partial charge < -0.3 is 10.3 Å². The van der Waals surface area contributed by atoms with Crippen LogP contribution in [0.4, 0.5) is 8.78 Å². The van der Waals surface area contributed by atoms with E-state index < -0.39 is 0 Å². The van der Waals surface area contributed by atoms with E-state index in [9.17, 15) is 13.6 Å². The van der Waals surface area contributed by atoms with E-state index in [0.717, 1.165) is 16.5 Å². The number of rotatable bonds is 4.